The van der Waals surface area contributed by atoms with Crippen molar-refractivity contribution in [2.24, 2.45) is 5.92 Å². The molecule has 2 heterocycles. The first-order chi connectivity index (χ1) is 12.1. The molecule has 25 heavy (non-hydrogen) atoms. The summed E-state index contributed by atoms with van der Waals surface area (Å²) < 4.78 is 5.10. The molecule has 1 unspecified atom stereocenters. The van der Waals surface area contributed by atoms with Crippen molar-refractivity contribution in [2.45, 2.75) is 43.7 Å². The molecule has 0 spiro atoms. The molecule has 2 fully saturated rings. The predicted molar refractivity (Wildman–Crippen MR) is 90.3 cm³/mol. The number of hydrogen-bond donors (Lipinski definition) is 3. The highest BCUT2D eigenvalue weighted by Gasteiger charge is 2.36. The molecule has 0 aliphatic heterocycles. The maximum atomic E-state index is 12.6. The number of aromatic nitrogens is 3. The summed E-state index contributed by atoms with van der Waals surface area (Å²) in [7, 11) is 1.57. The number of rotatable bonds is 6. The van der Waals surface area contributed by atoms with Gasteiger partial charge >= 0.3 is 0 Å². The van der Waals surface area contributed by atoms with Gasteiger partial charge in [0.25, 0.3) is 5.91 Å². The summed E-state index contributed by atoms with van der Waals surface area (Å²) in [6.45, 7) is 0. The number of carbonyl (C=O) groups is 1. The molecule has 7 nitrogen and oxygen atoms in total. The molecular formula is C18H22N4O3. The number of carbonyl (C=O) groups excluding carboxylic acids is 1. The van der Waals surface area contributed by atoms with Crippen LogP contribution in [0.1, 0.15) is 59.4 Å². The Bertz CT molecular complexity index is 748. The molecule has 1 atom stereocenters. The molecule has 0 aromatic carbocycles. The Hall–Kier alpha value is -2.41. The summed E-state index contributed by atoms with van der Waals surface area (Å²) in [5, 5.41) is 19.8. The van der Waals surface area contributed by atoms with E-state index in [4.69, 9.17) is 4.74 Å². The first kappa shape index (κ1) is 16.1. The lowest BCUT2D eigenvalue weighted by atomic mass is 9.75. The maximum absolute atomic E-state index is 12.6. The van der Waals surface area contributed by atoms with Gasteiger partial charge in [0.15, 0.2) is 0 Å². The van der Waals surface area contributed by atoms with Gasteiger partial charge in [0, 0.05) is 23.9 Å². The van der Waals surface area contributed by atoms with E-state index in [0.29, 0.717) is 30.3 Å². The fourth-order valence-electron chi connectivity index (χ4n) is 3.34. The Morgan fingerprint density at radius 2 is 2.20 bits per heavy atom. The molecule has 1 amide bonds. The van der Waals surface area contributed by atoms with E-state index in [2.05, 4.69) is 20.5 Å². The van der Waals surface area contributed by atoms with Crippen LogP contribution in [0.5, 0.6) is 5.88 Å². The maximum Gasteiger partial charge on any atom is 0.272 e. The summed E-state index contributed by atoms with van der Waals surface area (Å²) in [6.07, 6.45) is 5.08. The first-order valence-electron chi connectivity index (χ1n) is 8.68. The number of nitrogens with zero attached hydrogens (tertiary/aromatic N) is 2. The van der Waals surface area contributed by atoms with Gasteiger partial charge in [-0.15, -0.1) is 0 Å². The Kier molecular flexibility index (Phi) is 4.17. The molecule has 132 valence electrons. The van der Waals surface area contributed by atoms with E-state index in [1.165, 1.54) is 0 Å². The van der Waals surface area contributed by atoms with Crippen molar-refractivity contribution < 1.29 is 14.6 Å². The summed E-state index contributed by atoms with van der Waals surface area (Å²) >= 11 is 0. The van der Waals surface area contributed by atoms with Gasteiger partial charge in [0.1, 0.15) is 5.69 Å². The fraction of sp³-hybridized carbons (Fsp3) is 0.500. The van der Waals surface area contributed by atoms with E-state index in [0.717, 1.165) is 24.1 Å². The number of aliphatic hydroxyl groups is 1. The van der Waals surface area contributed by atoms with E-state index in [-0.39, 0.29) is 24.0 Å². The zero-order chi connectivity index (χ0) is 17.4. The van der Waals surface area contributed by atoms with Crippen molar-refractivity contribution in [3.05, 3.63) is 41.3 Å². The second kappa shape index (κ2) is 6.48. The highest BCUT2D eigenvalue weighted by Crippen LogP contribution is 2.40. The van der Waals surface area contributed by atoms with Crippen LogP contribution in [0.25, 0.3) is 0 Å². The third-order valence-corrected chi connectivity index (χ3v) is 5.08. The SMILES string of the molecule is COc1ccc(C(NC(=O)c2cc(C3CC3)[nH]n2)C2CC(O)C2)cn1. The Morgan fingerprint density at radius 1 is 1.40 bits per heavy atom. The van der Waals surface area contributed by atoms with Crippen LogP contribution in [0, 0.1) is 5.92 Å². The topological polar surface area (TPSA) is 100 Å². The minimum Gasteiger partial charge on any atom is -0.481 e. The fourth-order valence-corrected chi connectivity index (χ4v) is 3.34. The van der Waals surface area contributed by atoms with Crippen molar-refractivity contribution in [3.63, 3.8) is 0 Å². The van der Waals surface area contributed by atoms with E-state index in [1.807, 2.05) is 12.1 Å². The second-order valence-corrected chi connectivity index (χ2v) is 6.95. The number of aromatic amines is 1. The van der Waals surface area contributed by atoms with Crippen LogP contribution in [0.2, 0.25) is 0 Å². The molecule has 0 bridgehead atoms. The highest BCUT2D eigenvalue weighted by molar-refractivity contribution is 5.92. The molecule has 7 heteroatoms. The second-order valence-electron chi connectivity index (χ2n) is 6.95. The summed E-state index contributed by atoms with van der Waals surface area (Å²) in [5.41, 5.74) is 2.35. The summed E-state index contributed by atoms with van der Waals surface area (Å²) in [4.78, 5) is 16.9. The molecule has 3 N–H and O–H groups in total. The molecular weight excluding hydrogens is 320 g/mol. The lowest BCUT2D eigenvalue weighted by Crippen LogP contribution is -2.41. The van der Waals surface area contributed by atoms with Gasteiger partial charge in [-0.1, -0.05) is 6.07 Å². The minimum atomic E-state index is -0.289. The number of nitrogens with one attached hydrogen (secondary N) is 2. The average molecular weight is 342 g/mol. The summed E-state index contributed by atoms with van der Waals surface area (Å²) in [5.74, 6) is 1.04. The largest absolute Gasteiger partial charge is 0.481 e. The van der Waals surface area contributed by atoms with E-state index in [1.54, 1.807) is 19.4 Å². The van der Waals surface area contributed by atoms with Crippen molar-refractivity contribution in [1.82, 2.24) is 20.5 Å². The van der Waals surface area contributed by atoms with E-state index < -0.39 is 0 Å². The minimum absolute atomic E-state index is 0.191. The average Bonchev–Trinajstić information content (AvgIpc) is 3.34. The number of methoxy groups -OCH3 is 1. The van der Waals surface area contributed by atoms with Gasteiger partial charge in [-0.3, -0.25) is 9.89 Å². The lowest BCUT2D eigenvalue weighted by Gasteiger charge is -2.38. The molecule has 4 rings (SSSR count). The van der Waals surface area contributed by atoms with Gasteiger partial charge < -0.3 is 15.2 Å². The lowest BCUT2D eigenvalue weighted by molar-refractivity contribution is 0.0234. The monoisotopic (exact) mass is 342 g/mol. The normalized spacial score (nSPS) is 23.6. The van der Waals surface area contributed by atoms with Crippen LogP contribution < -0.4 is 10.1 Å². The van der Waals surface area contributed by atoms with Gasteiger partial charge in [0.05, 0.1) is 19.3 Å². The number of H-pyrrole nitrogens is 1. The van der Waals surface area contributed by atoms with Crippen molar-refractivity contribution in [1.29, 1.82) is 0 Å². The number of hydrogen-bond acceptors (Lipinski definition) is 5. The smallest absolute Gasteiger partial charge is 0.272 e. The third kappa shape index (κ3) is 3.37. The molecule has 0 saturated heterocycles. The van der Waals surface area contributed by atoms with Crippen LogP contribution in [-0.2, 0) is 0 Å². The highest BCUT2D eigenvalue weighted by atomic mass is 16.5. The Morgan fingerprint density at radius 3 is 2.80 bits per heavy atom. The van der Waals surface area contributed by atoms with Gasteiger partial charge in [-0.25, -0.2) is 4.98 Å². The van der Waals surface area contributed by atoms with Crippen LogP contribution in [-0.4, -0.2) is 39.4 Å². The molecule has 2 aliphatic rings. The van der Waals surface area contributed by atoms with Crippen molar-refractivity contribution >= 4 is 5.91 Å². The third-order valence-electron chi connectivity index (χ3n) is 5.08. The Balaban J connectivity index is 1.51. The number of pyridine rings is 1. The van der Waals surface area contributed by atoms with E-state index >= 15 is 0 Å². The van der Waals surface area contributed by atoms with Crippen LogP contribution in [0.3, 0.4) is 0 Å². The summed E-state index contributed by atoms with van der Waals surface area (Å²) in [6, 6.07) is 5.33. The molecule has 2 aromatic rings. The first-order valence-corrected chi connectivity index (χ1v) is 8.68. The van der Waals surface area contributed by atoms with Crippen LogP contribution >= 0.6 is 0 Å². The molecule has 2 aromatic heterocycles. The van der Waals surface area contributed by atoms with Gasteiger partial charge in [-0.2, -0.15) is 5.10 Å². The van der Waals surface area contributed by atoms with Gasteiger partial charge in [-0.05, 0) is 43.2 Å². The molecule has 2 saturated carbocycles. The van der Waals surface area contributed by atoms with Crippen LogP contribution in [0.15, 0.2) is 24.4 Å². The Labute approximate surface area is 145 Å². The zero-order valence-corrected chi connectivity index (χ0v) is 14.1. The number of amides is 1. The predicted octanol–water partition coefficient (Wildman–Crippen LogP) is 1.93. The van der Waals surface area contributed by atoms with Crippen molar-refractivity contribution in [3.8, 4) is 5.88 Å². The van der Waals surface area contributed by atoms with Crippen molar-refractivity contribution in [2.75, 3.05) is 7.11 Å². The number of aliphatic hydroxyl groups excluding tert-OH is 1. The standard InChI is InChI=1S/C18H22N4O3/c1-25-16-5-4-11(9-19-16)17(12-6-13(23)7-12)20-18(24)15-8-14(21-22-15)10-2-3-10/h4-5,8-10,12-13,17,23H,2-3,6-7H2,1H3,(H,20,24)(H,21,22). The zero-order valence-electron chi connectivity index (χ0n) is 14.1. The quantitative estimate of drug-likeness (QED) is 0.745. The number of ether oxygens (including phenoxy) is 1. The van der Waals surface area contributed by atoms with E-state index in [9.17, 15) is 9.90 Å². The molecule has 0 radical (unpaired) electrons. The van der Waals surface area contributed by atoms with Gasteiger partial charge in [0.2, 0.25) is 5.88 Å². The van der Waals surface area contributed by atoms with Crippen LogP contribution in [0.4, 0.5) is 0 Å². The molecule has 2 aliphatic carbocycles.